The average molecular weight is 466 g/mol. The highest BCUT2D eigenvalue weighted by atomic mass is 19.1. The van der Waals surface area contributed by atoms with Crippen LogP contribution in [0.2, 0.25) is 0 Å². The molecule has 4 rings (SSSR count). The summed E-state index contributed by atoms with van der Waals surface area (Å²) in [5, 5.41) is 2.75. The number of pyridine rings is 1. The number of aromatic nitrogens is 1. The lowest BCUT2D eigenvalue weighted by Gasteiger charge is -2.26. The normalized spacial score (nSPS) is 14.1. The fraction of sp³-hybridized carbons (Fsp3) is 0.333. The van der Waals surface area contributed by atoms with E-state index in [1.54, 1.807) is 42.6 Å². The first-order chi connectivity index (χ1) is 16.6. The Kier molecular flexibility index (Phi) is 8.20. The third kappa shape index (κ3) is 6.84. The molecular formula is C27H29F2N3O2. The molecule has 178 valence electrons. The number of piperidine rings is 1. The van der Waals surface area contributed by atoms with Gasteiger partial charge in [0.15, 0.2) is 0 Å². The number of likely N-dealkylation sites (tertiary alicyclic amines) is 1. The predicted molar refractivity (Wildman–Crippen MR) is 127 cm³/mol. The molecule has 34 heavy (non-hydrogen) atoms. The number of hydrogen-bond acceptors (Lipinski definition) is 4. The second-order valence-electron chi connectivity index (χ2n) is 8.51. The Morgan fingerprint density at radius 1 is 1.03 bits per heavy atom. The van der Waals surface area contributed by atoms with Crippen LogP contribution in [0.25, 0.3) is 11.1 Å². The van der Waals surface area contributed by atoms with Crippen molar-refractivity contribution in [3.63, 3.8) is 0 Å². The molecular weight excluding hydrogens is 436 g/mol. The van der Waals surface area contributed by atoms with Gasteiger partial charge in [-0.2, -0.15) is 0 Å². The highest BCUT2D eigenvalue weighted by Crippen LogP contribution is 2.26. The van der Waals surface area contributed by atoms with Crippen LogP contribution in [0, 0.1) is 11.6 Å². The van der Waals surface area contributed by atoms with Gasteiger partial charge in [-0.3, -0.25) is 14.7 Å². The van der Waals surface area contributed by atoms with E-state index in [-0.39, 0.29) is 30.5 Å². The van der Waals surface area contributed by atoms with Gasteiger partial charge in [0.05, 0.1) is 6.42 Å². The van der Waals surface area contributed by atoms with Crippen LogP contribution in [0.3, 0.4) is 0 Å². The quantitative estimate of drug-likeness (QED) is 0.496. The summed E-state index contributed by atoms with van der Waals surface area (Å²) in [5.74, 6) is -0.425. The molecule has 0 unspecified atom stereocenters. The molecule has 0 spiro atoms. The number of amides is 1. The molecule has 1 amide bonds. The Hall–Kier alpha value is -3.32. The van der Waals surface area contributed by atoms with Crippen LogP contribution in [0.4, 0.5) is 8.78 Å². The maximum absolute atomic E-state index is 14.7. The van der Waals surface area contributed by atoms with Crippen molar-refractivity contribution in [3.8, 4) is 16.9 Å². The Balaban J connectivity index is 1.28. The van der Waals surface area contributed by atoms with Crippen LogP contribution < -0.4 is 10.1 Å². The lowest BCUT2D eigenvalue weighted by Crippen LogP contribution is -2.33. The molecule has 2 aromatic carbocycles. The molecule has 0 aliphatic carbocycles. The number of hydrogen-bond donors (Lipinski definition) is 1. The lowest BCUT2D eigenvalue weighted by molar-refractivity contribution is -0.120. The summed E-state index contributed by atoms with van der Waals surface area (Å²) in [4.78, 5) is 18.9. The van der Waals surface area contributed by atoms with E-state index in [0.717, 1.165) is 19.6 Å². The molecule has 3 aromatic rings. The predicted octanol–water partition coefficient (Wildman–Crippen LogP) is 4.75. The van der Waals surface area contributed by atoms with Crippen molar-refractivity contribution in [3.05, 3.63) is 83.7 Å². The molecule has 1 N–H and O–H groups in total. The van der Waals surface area contributed by atoms with Crippen LogP contribution >= 0.6 is 0 Å². The van der Waals surface area contributed by atoms with E-state index in [2.05, 4.69) is 15.2 Å². The molecule has 1 aliphatic rings. The number of rotatable bonds is 9. The van der Waals surface area contributed by atoms with Crippen LogP contribution in [0.5, 0.6) is 5.75 Å². The van der Waals surface area contributed by atoms with Crippen LogP contribution in [-0.2, 0) is 17.8 Å². The summed E-state index contributed by atoms with van der Waals surface area (Å²) in [6.07, 6.45) is 5.40. The van der Waals surface area contributed by atoms with Gasteiger partial charge in [-0.1, -0.05) is 24.6 Å². The zero-order valence-corrected chi connectivity index (χ0v) is 19.1. The smallest absolute Gasteiger partial charge is 0.226 e. The Labute approximate surface area is 198 Å². The zero-order valence-electron chi connectivity index (χ0n) is 19.1. The number of nitrogens with one attached hydrogen (secondary N) is 1. The van der Waals surface area contributed by atoms with Gasteiger partial charge in [-0.05, 0) is 61.8 Å². The van der Waals surface area contributed by atoms with Crippen LogP contribution in [0.1, 0.15) is 30.5 Å². The Morgan fingerprint density at radius 3 is 2.62 bits per heavy atom. The third-order valence-corrected chi connectivity index (χ3v) is 5.92. The minimum absolute atomic E-state index is 0.0852. The largest absolute Gasteiger partial charge is 0.492 e. The summed E-state index contributed by atoms with van der Waals surface area (Å²) in [5.41, 5.74) is 2.31. The van der Waals surface area contributed by atoms with E-state index in [1.165, 1.54) is 37.5 Å². The van der Waals surface area contributed by atoms with Gasteiger partial charge in [0, 0.05) is 42.2 Å². The van der Waals surface area contributed by atoms with E-state index >= 15 is 0 Å². The first-order valence-electron chi connectivity index (χ1n) is 11.7. The summed E-state index contributed by atoms with van der Waals surface area (Å²) in [6, 6.07) is 14.4. The van der Waals surface area contributed by atoms with E-state index in [1.807, 2.05) is 0 Å². The summed E-state index contributed by atoms with van der Waals surface area (Å²) >= 11 is 0. The van der Waals surface area contributed by atoms with E-state index in [0.29, 0.717) is 34.7 Å². The van der Waals surface area contributed by atoms with E-state index in [9.17, 15) is 13.6 Å². The first-order valence-corrected chi connectivity index (χ1v) is 11.7. The molecule has 1 aliphatic heterocycles. The Morgan fingerprint density at radius 2 is 1.88 bits per heavy atom. The lowest BCUT2D eigenvalue weighted by atomic mass is 10.1. The van der Waals surface area contributed by atoms with Gasteiger partial charge in [0.25, 0.3) is 0 Å². The Bertz CT molecular complexity index is 1100. The van der Waals surface area contributed by atoms with Crippen molar-refractivity contribution in [2.24, 2.45) is 0 Å². The summed E-state index contributed by atoms with van der Waals surface area (Å²) in [7, 11) is 0. The zero-order chi connectivity index (χ0) is 23.8. The summed E-state index contributed by atoms with van der Waals surface area (Å²) in [6.45, 7) is 3.84. The topological polar surface area (TPSA) is 54.5 Å². The maximum Gasteiger partial charge on any atom is 0.226 e. The van der Waals surface area contributed by atoms with Crippen molar-refractivity contribution >= 4 is 5.91 Å². The van der Waals surface area contributed by atoms with Gasteiger partial charge < -0.3 is 10.1 Å². The van der Waals surface area contributed by atoms with Gasteiger partial charge >= 0.3 is 0 Å². The molecule has 5 nitrogen and oxygen atoms in total. The van der Waals surface area contributed by atoms with Gasteiger partial charge in [-0.15, -0.1) is 0 Å². The number of carbonyl (C=O) groups is 1. The van der Waals surface area contributed by atoms with E-state index < -0.39 is 0 Å². The average Bonchev–Trinajstić information content (AvgIpc) is 2.84. The fourth-order valence-electron chi connectivity index (χ4n) is 4.06. The number of carbonyl (C=O) groups excluding carboxylic acids is 1. The van der Waals surface area contributed by atoms with Gasteiger partial charge in [-0.25, -0.2) is 8.78 Å². The van der Waals surface area contributed by atoms with Gasteiger partial charge in [0.1, 0.15) is 24.0 Å². The van der Waals surface area contributed by atoms with Crippen molar-refractivity contribution in [1.82, 2.24) is 15.2 Å². The molecule has 0 atom stereocenters. The van der Waals surface area contributed by atoms with Crippen molar-refractivity contribution in [2.45, 2.75) is 32.2 Å². The fourth-order valence-corrected chi connectivity index (χ4v) is 4.06. The first kappa shape index (κ1) is 23.8. The third-order valence-electron chi connectivity index (χ3n) is 5.92. The summed E-state index contributed by atoms with van der Waals surface area (Å²) < 4.78 is 33.7. The van der Waals surface area contributed by atoms with Crippen LogP contribution in [0.15, 0.2) is 60.8 Å². The second-order valence-corrected chi connectivity index (χ2v) is 8.51. The van der Waals surface area contributed by atoms with Crippen LogP contribution in [-0.4, -0.2) is 42.0 Å². The molecule has 2 heterocycles. The molecule has 1 fully saturated rings. The molecule has 7 heteroatoms. The van der Waals surface area contributed by atoms with E-state index in [4.69, 9.17) is 4.74 Å². The maximum atomic E-state index is 14.7. The number of halogens is 2. The molecule has 0 radical (unpaired) electrons. The van der Waals surface area contributed by atoms with Gasteiger partial charge in [0.2, 0.25) is 5.91 Å². The number of benzene rings is 2. The monoisotopic (exact) mass is 465 g/mol. The van der Waals surface area contributed by atoms with Crippen molar-refractivity contribution < 1.29 is 18.3 Å². The highest BCUT2D eigenvalue weighted by molar-refractivity contribution is 5.78. The molecule has 0 saturated carbocycles. The minimum Gasteiger partial charge on any atom is -0.492 e. The molecule has 0 bridgehead atoms. The second kappa shape index (κ2) is 11.7. The standard InChI is InChI=1S/C27H29F2N3O2/c28-22-6-4-5-20(15-22)18-31-27(33)16-23-8-7-21(19-30-23)25-10-9-24(17-26(25)29)34-14-13-32-11-2-1-3-12-32/h4-10,15,17,19H,1-3,11-14,16,18H2,(H,31,33). The highest BCUT2D eigenvalue weighted by Gasteiger charge is 2.12. The molecule has 1 aromatic heterocycles. The number of nitrogens with zero attached hydrogens (tertiary/aromatic N) is 2. The minimum atomic E-state index is -0.377. The van der Waals surface area contributed by atoms with Crippen molar-refractivity contribution in [2.75, 3.05) is 26.2 Å². The van der Waals surface area contributed by atoms with Crippen molar-refractivity contribution in [1.29, 1.82) is 0 Å². The molecule has 1 saturated heterocycles. The number of ether oxygens (including phenoxy) is 1. The SMILES string of the molecule is O=C(Cc1ccc(-c2ccc(OCCN3CCCCC3)cc2F)cn1)NCc1cccc(F)c1.